The molecule has 1 amide bonds. The number of carbonyl (C=O) groups excluding carboxylic acids is 2. The molecular weight excluding hydrogens is 360 g/mol. The maximum Gasteiger partial charge on any atom is 0.328 e. The fourth-order valence-corrected chi connectivity index (χ4v) is 2.64. The summed E-state index contributed by atoms with van der Waals surface area (Å²) in [5, 5.41) is 16.3. The smallest absolute Gasteiger partial charge is 0.328 e. The lowest BCUT2D eigenvalue weighted by atomic mass is 10.2. The number of hydrogen-bond acceptors (Lipinski definition) is 6. The lowest BCUT2D eigenvalue weighted by Gasteiger charge is -2.13. The molecule has 0 aliphatic heterocycles. The number of nitrogens with zero attached hydrogens (tertiary/aromatic N) is 3. The van der Waals surface area contributed by atoms with Crippen LogP contribution in [0.1, 0.15) is 34.4 Å². The van der Waals surface area contributed by atoms with E-state index in [0.717, 1.165) is 5.69 Å². The quantitative estimate of drug-likeness (QED) is 0.660. The summed E-state index contributed by atoms with van der Waals surface area (Å²) in [4.78, 5) is 24.3. The van der Waals surface area contributed by atoms with Gasteiger partial charge >= 0.3 is 5.97 Å². The van der Waals surface area contributed by atoms with Crippen LogP contribution in [0.15, 0.2) is 53.1 Å². The average molecular weight is 378 g/mol. The molecule has 0 saturated heterocycles. The zero-order valence-electron chi connectivity index (χ0n) is 15.4. The molecule has 2 heterocycles. The van der Waals surface area contributed by atoms with Crippen LogP contribution in [0.2, 0.25) is 0 Å². The van der Waals surface area contributed by atoms with Gasteiger partial charge in [-0.3, -0.25) is 4.79 Å². The highest BCUT2D eigenvalue weighted by atomic mass is 16.5. The van der Waals surface area contributed by atoms with E-state index in [-0.39, 0.29) is 12.4 Å². The third-order valence-electron chi connectivity index (χ3n) is 4.07. The number of para-hydroxylation sites is 1. The monoisotopic (exact) mass is 378 g/mol. The minimum absolute atomic E-state index is 0.101. The normalized spacial score (nSPS) is 11.5. The van der Waals surface area contributed by atoms with Gasteiger partial charge in [0, 0.05) is 0 Å². The molecular formula is C20H18N4O4. The molecule has 142 valence electrons. The second-order valence-electron chi connectivity index (χ2n) is 6.05. The number of aromatic nitrogens is 2. The van der Waals surface area contributed by atoms with Crippen LogP contribution >= 0.6 is 0 Å². The predicted octanol–water partition coefficient (Wildman–Crippen LogP) is 2.51. The van der Waals surface area contributed by atoms with Crippen molar-refractivity contribution in [1.29, 1.82) is 5.26 Å². The Kier molecular flexibility index (Phi) is 5.56. The summed E-state index contributed by atoms with van der Waals surface area (Å²) in [6.07, 6.45) is 1.37. The number of benzene rings is 1. The fraction of sp³-hybridized carbons (Fsp3) is 0.200. The number of aryl methyl sites for hydroxylation is 1. The van der Waals surface area contributed by atoms with E-state index in [2.05, 4.69) is 16.5 Å². The Morgan fingerprint density at radius 3 is 2.68 bits per heavy atom. The van der Waals surface area contributed by atoms with Gasteiger partial charge in [0.05, 0.1) is 23.3 Å². The lowest BCUT2D eigenvalue weighted by Crippen LogP contribution is -2.39. The van der Waals surface area contributed by atoms with Crippen LogP contribution in [0.25, 0.3) is 5.69 Å². The third kappa shape index (κ3) is 3.94. The molecule has 1 N–H and O–H groups in total. The van der Waals surface area contributed by atoms with Crippen molar-refractivity contribution < 1.29 is 18.7 Å². The van der Waals surface area contributed by atoms with Crippen molar-refractivity contribution in [3.63, 3.8) is 0 Å². The molecule has 0 radical (unpaired) electrons. The molecule has 0 spiro atoms. The Hall–Kier alpha value is -3.86. The van der Waals surface area contributed by atoms with Crippen LogP contribution in [0, 0.1) is 18.3 Å². The maximum absolute atomic E-state index is 12.3. The van der Waals surface area contributed by atoms with E-state index >= 15 is 0 Å². The van der Waals surface area contributed by atoms with Crippen LogP contribution < -0.4 is 5.32 Å². The van der Waals surface area contributed by atoms with Gasteiger partial charge in [-0.15, -0.1) is 0 Å². The number of ether oxygens (including phenoxy) is 1. The average Bonchev–Trinajstić information content (AvgIpc) is 3.34. The van der Waals surface area contributed by atoms with Crippen molar-refractivity contribution in [2.24, 2.45) is 0 Å². The molecule has 28 heavy (non-hydrogen) atoms. The summed E-state index contributed by atoms with van der Waals surface area (Å²) in [7, 11) is 0. The summed E-state index contributed by atoms with van der Waals surface area (Å²) < 4.78 is 11.9. The van der Waals surface area contributed by atoms with Gasteiger partial charge in [-0.2, -0.15) is 10.4 Å². The minimum atomic E-state index is -0.891. The van der Waals surface area contributed by atoms with Crippen molar-refractivity contribution in [2.45, 2.75) is 26.5 Å². The van der Waals surface area contributed by atoms with E-state index in [9.17, 15) is 14.9 Å². The van der Waals surface area contributed by atoms with Gasteiger partial charge in [0.1, 0.15) is 24.3 Å². The highest BCUT2D eigenvalue weighted by Gasteiger charge is 2.22. The molecule has 8 heteroatoms. The van der Waals surface area contributed by atoms with Crippen molar-refractivity contribution in [1.82, 2.24) is 15.1 Å². The molecule has 8 nitrogen and oxygen atoms in total. The maximum atomic E-state index is 12.3. The van der Waals surface area contributed by atoms with E-state index in [1.54, 1.807) is 17.7 Å². The standard InChI is InChI=1S/C20H18N4O4/c1-13-16(11-21)17(24(23-13)15-7-4-3-5-8-15)12-28-20(26)14(2)22-19(25)18-9-6-10-27-18/h3-10,14H,12H2,1-2H3,(H,22,25)/t14-/m0/s1. The van der Waals surface area contributed by atoms with E-state index in [4.69, 9.17) is 9.15 Å². The first-order chi connectivity index (χ1) is 13.5. The molecule has 1 atom stereocenters. The zero-order valence-corrected chi connectivity index (χ0v) is 15.4. The molecule has 0 saturated carbocycles. The molecule has 2 aromatic heterocycles. The molecule has 0 unspecified atom stereocenters. The van der Waals surface area contributed by atoms with Crippen molar-refractivity contribution in [3.05, 3.63) is 71.4 Å². The van der Waals surface area contributed by atoms with Gasteiger partial charge in [0.15, 0.2) is 5.76 Å². The van der Waals surface area contributed by atoms with Gasteiger partial charge in [-0.1, -0.05) is 18.2 Å². The van der Waals surface area contributed by atoms with Crippen LogP contribution in [0.5, 0.6) is 0 Å². The van der Waals surface area contributed by atoms with E-state index < -0.39 is 17.9 Å². The van der Waals surface area contributed by atoms with Gasteiger partial charge in [-0.05, 0) is 38.1 Å². The highest BCUT2D eigenvalue weighted by Crippen LogP contribution is 2.19. The fourth-order valence-electron chi connectivity index (χ4n) is 2.64. The molecule has 0 aliphatic rings. The molecule has 0 aliphatic carbocycles. The third-order valence-corrected chi connectivity index (χ3v) is 4.07. The number of amides is 1. The summed E-state index contributed by atoms with van der Waals surface area (Å²) in [6.45, 7) is 3.07. The molecule has 0 bridgehead atoms. The summed E-state index contributed by atoms with van der Waals surface area (Å²) in [5.41, 5.74) is 2.10. The lowest BCUT2D eigenvalue weighted by molar-refractivity contribution is -0.146. The first-order valence-corrected chi connectivity index (χ1v) is 8.56. The number of nitrogens with one attached hydrogen (secondary N) is 1. The zero-order chi connectivity index (χ0) is 20.1. The number of carbonyl (C=O) groups is 2. The van der Waals surface area contributed by atoms with Crippen LogP contribution in [-0.4, -0.2) is 27.7 Å². The molecule has 1 aromatic carbocycles. The number of hydrogen-bond donors (Lipinski definition) is 1. The SMILES string of the molecule is Cc1nn(-c2ccccc2)c(COC(=O)[C@H](C)NC(=O)c2ccco2)c1C#N. The van der Waals surface area contributed by atoms with Crippen molar-refractivity contribution >= 4 is 11.9 Å². The van der Waals surface area contributed by atoms with Crippen molar-refractivity contribution in [2.75, 3.05) is 0 Å². The Morgan fingerprint density at radius 2 is 2.04 bits per heavy atom. The van der Waals surface area contributed by atoms with Crippen LogP contribution in [-0.2, 0) is 16.1 Å². The summed E-state index contributed by atoms with van der Waals surface area (Å²) in [5.74, 6) is -1.05. The molecule has 3 rings (SSSR count). The predicted molar refractivity (Wildman–Crippen MR) is 98.4 cm³/mol. The number of nitriles is 1. The van der Waals surface area contributed by atoms with Gasteiger partial charge in [0.2, 0.25) is 0 Å². The van der Waals surface area contributed by atoms with Crippen molar-refractivity contribution in [3.8, 4) is 11.8 Å². The van der Waals surface area contributed by atoms with Crippen LogP contribution in [0.4, 0.5) is 0 Å². The Labute approximate surface area is 161 Å². The minimum Gasteiger partial charge on any atom is -0.459 e. The topological polar surface area (TPSA) is 110 Å². The Balaban J connectivity index is 1.72. The first-order valence-electron chi connectivity index (χ1n) is 8.56. The largest absolute Gasteiger partial charge is 0.459 e. The van der Waals surface area contributed by atoms with E-state index in [0.29, 0.717) is 17.0 Å². The summed E-state index contributed by atoms with van der Waals surface area (Å²) >= 11 is 0. The second kappa shape index (κ2) is 8.22. The first kappa shape index (κ1) is 18.9. The second-order valence-corrected chi connectivity index (χ2v) is 6.05. The molecule has 0 fully saturated rings. The summed E-state index contributed by atoms with van der Waals surface area (Å²) in [6, 6.07) is 13.5. The van der Waals surface area contributed by atoms with E-state index in [1.165, 1.54) is 19.3 Å². The van der Waals surface area contributed by atoms with E-state index in [1.807, 2.05) is 30.3 Å². The Bertz CT molecular complexity index is 1020. The number of esters is 1. The Morgan fingerprint density at radius 1 is 1.29 bits per heavy atom. The van der Waals surface area contributed by atoms with Gasteiger partial charge < -0.3 is 14.5 Å². The number of rotatable bonds is 6. The highest BCUT2D eigenvalue weighted by molar-refractivity contribution is 5.94. The molecule has 3 aromatic rings. The van der Waals surface area contributed by atoms with Gasteiger partial charge in [-0.25, -0.2) is 9.48 Å². The van der Waals surface area contributed by atoms with Crippen LogP contribution in [0.3, 0.4) is 0 Å². The number of furan rings is 1. The van der Waals surface area contributed by atoms with Gasteiger partial charge in [0.25, 0.3) is 5.91 Å².